The van der Waals surface area contributed by atoms with E-state index in [1.165, 1.54) is 0 Å². The zero-order valence-electron chi connectivity index (χ0n) is 5.76. The number of nitrogens with zero attached hydrogens (tertiary/aromatic N) is 1. The van der Waals surface area contributed by atoms with E-state index in [1.807, 2.05) is 19.0 Å². The highest BCUT2D eigenvalue weighted by atomic mass is 16.6. The van der Waals surface area contributed by atoms with E-state index in [1.54, 1.807) is 6.92 Å². The van der Waals surface area contributed by atoms with Crippen molar-refractivity contribution in [3.63, 3.8) is 0 Å². The molecule has 0 unspecified atom stereocenters. The van der Waals surface area contributed by atoms with Gasteiger partial charge in [-0.3, -0.25) is 9.42 Å². The molecule has 0 bridgehead atoms. The maximum Gasteiger partial charge on any atom is 0.303 e. The maximum atomic E-state index is 10.2. The molecule has 0 saturated heterocycles. The molecule has 0 saturated carbocycles. The second-order valence-corrected chi connectivity index (χ2v) is 1.20. The van der Waals surface area contributed by atoms with Crippen LogP contribution in [-0.4, -0.2) is 10.3 Å². The zero-order valence-corrected chi connectivity index (χ0v) is 5.76. The second kappa shape index (κ2) is 3.88. The van der Waals surface area contributed by atoms with E-state index < -0.39 is 0 Å². The zero-order chi connectivity index (χ0) is 7.28. The van der Waals surface area contributed by atoms with Gasteiger partial charge in [-0.05, 0) is 6.92 Å². The van der Waals surface area contributed by atoms with Crippen molar-refractivity contribution >= 4 is 0 Å². The fourth-order valence-electron chi connectivity index (χ4n) is 0.248. The molecule has 1 rings (SSSR count). The van der Waals surface area contributed by atoms with Crippen molar-refractivity contribution in [1.29, 1.82) is 0 Å². The summed E-state index contributed by atoms with van der Waals surface area (Å²) in [6, 6.07) is 0. The molecule has 1 aromatic rings. The molecule has 0 aliphatic carbocycles. The third-order valence-electron chi connectivity index (χ3n) is 0.650. The fourth-order valence-corrected chi connectivity index (χ4v) is 0.248. The molecule has 4 heteroatoms. The molecule has 0 atom stereocenters. The molecule has 0 aromatic carbocycles. The van der Waals surface area contributed by atoms with E-state index in [9.17, 15) is 4.79 Å². The summed E-state index contributed by atoms with van der Waals surface area (Å²) in [7, 11) is 0. The highest BCUT2D eigenvalue weighted by Gasteiger charge is 1.90. The van der Waals surface area contributed by atoms with Crippen LogP contribution in [0.4, 0.5) is 0 Å². The average molecular weight is 130 g/mol. The Balaban J connectivity index is 0.000000291. The van der Waals surface area contributed by atoms with Crippen molar-refractivity contribution < 1.29 is 4.63 Å². The van der Waals surface area contributed by atoms with Gasteiger partial charge in [0.25, 0.3) is 0 Å². The molecule has 4 nitrogen and oxygen atoms in total. The van der Waals surface area contributed by atoms with Crippen LogP contribution in [0.3, 0.4) is 0 Å². The number of hydrogen-bond acceptors (Lipinski definition) is 3. The quantitative estimate of drug-likeness (QED) is 0.562. The van der Waals surface area contributed by atoms with Crippen LogP contribution in [0.25, 0.3) is 0 Å². The molecule has 1 heterocycles. The molecule has 0 spiro atoms. The molecule has 0 fully saturated rings. The Morgan fingerprint density at radius 2 is 2.11 bits per heavy atom. The first kappa shape index (κ1) is 7.94. The maximum absolute atomic E-state index is 10.2. The first-order valence-corrected chi connectivity index (χ1v) is 2.81. The summed E-state index contributed by atoms with van der Waals surface area (Å²) in [6.07, 6.45) is 0. The van der Waals surface area contributed by atoms with Crippen LogP contribution in [0.2, 0.25) is 0 Å². The number of aromatic amines is 1. The van der Waals surface area contributed by atoms with Crippen molar-refractivity contribution in [2.24, 2.45) is 0 Å². The predicted octanol–water partition coefficient (Wildman–Crippen LogP) is 0.698. The largest absolute Gasteiger partial charge is 0.303 e. The third-order valence-corrected chi connectivity index (χ3v) is 0.650. The van der Waals surface area contributed by atoms with E-state index in [2.05, 4.69) is 9.79 Å². The number of H-pyrrole nitrogens is 1. The lowest BCUT2D eigenvalue weighted by atomic mass is 10.6. The second-order valence-electron chi connectivity index (χ2n) is 1.20. The minimum atomic E-state index is -0.264. The number of rotatable bonds is 0. The van der Waals surface area contributed by atoms with Gasteiger partial charge in [-0.15, -0.1) is 0 Å². The van der Waals surface area contributed by atoms with E-state index in [4.69, 9.17) is 0 Å². The number of nitrogens with one attached hydrogen (secondary N) is 1. The topological polar surface area (TPSA) is 58.9 Å². The average Bonchev–Trinajstić information content (AvgIpc) is 2.23. The van der Waals surface area contributed by atoms with Crippen LogP contribution in [0.15, 0.2) is 9.42 Å². The van der Waals surface area contributed by atoms with Gasteiger partial charge in [0.1, 0.15) is 5.69 Å². The summed E-state index contributed by atoms with van der Waals surface area (Å²) in [6.45, 7) is 5.57. The summed E-state index contributed by atoms with van der Waals surface area (Å²) >= 11 is 0. The van der Waals surface area contributed by atoms with Gasteiger partial charge in [-0.25, -0.2) is 0 Å². The van der Waals surface area contributed by atoms with Crippen LogP contribution < -0.4 is 5.56 Å². The van der Waals surface area contributed by atoms with Crippen LogP contribution in [-0.2, 0) is 0 Å². The molecule has 0 amide bonds. The van der Waals surface area contributed by atoms with Crippen LogP contribution in [0.1, 0.15) is 19.5 Å². The van der Waals surface area contributed by atoms with Gasteiger partial charge in [0.05, 0.1) is 0 Å². The highest BCUT2D eigenvalue weighted by molar-refractivity contribution is 4.83. The molecular weight excluding hydrogens is 120 g/mol. The monoisotopic (exact) mass is 130 g/mol. The van der Waals surface area contributed by atoms with Crippen molar-refractivity contribution in [2.45, 2.75) is 20.8 Å². The SMILES string of the molecule is CC.Cc1no[nH]c1=O. The Kier molecular flexibility index (Phi) is 3.43. The predicted molar refractivity (Wildman–Crippen MR) is 33.2 cm³/mol. The van der Waals surface area contributed by atoms with Gasteiger partial charge < -0.3 is 0 Å². The molecule has 0 aliphatic rings. The Labute approximate surface area is 52.8 Å². The normalized spacial score (nSPS) is 7.89. The van der Waals surface area contributed by atoms with Crippen molar-refractivity contribution in [3.8, 4) is 0 Å². The lowest BCUT2D eigenvalue weighted by molar-refractivity contribution is 0.301. The molecule has 1 aromatic heterocycles. The van der Waals surface area contributed by atoms with Gasteiger partial charge >= 0.3 is 5.56 Å². The van der Waals surface area contributed by atoms with Gasteiger partial charge in [0.2, 0.25) is 0 Å². The highest BCUT2D eigenvalue weighted by Crippen LogP contribution is 1.71. The molecular formula is C5H10N2O2. The Hall–Kier alpha value is -1.06. The summed E-state index contributed by atoms with van der Waals surface area (Å²) in [4.78, 5) is 10.2. The Morgan fingerprint density at radius 3 is 2.22 bits per heavy atom. The van der Waals surface area contributed by atoms with Gasteiger partial charge in [-0.2, -0.15) is 5.16 Å². The number of hydrogen-bond donors (Lipinski definition) is 1. The molecule has 0 aliphatic heterocycles. The van der Waals surface area contributed by atoms with E-state index >= 15 is 0 Å². The number of aryl methyl sites for hydroxylation is 1. The van der Waals surface area contributed by atoms with E-state index in [-0.39, 0.29) is 5.56 Å². The lowest BCUT2D eigenvalue weighted by Gasteiger charge is -1.58. The minimum Gasteiger partial charge on any atom is -0.267 e. The van der Waals surface area contributed by atoms with Crippen molar-refractivity contribution in [1.82, 2.24) is 10.3 Å². The third kappa shape index (κ3) is 2.12. The van der Waals surface area contributed by atoms with Gasteiger partial charge in [0, 0.05) is 0 Å². The summed E-state index contributed by atoms with van der Waals surface area (Å²) in [5.74, 6) is 0. The first-order valence-electron chi connectivity index (χ1n) is 2.81. The number of aromatic nitrogens is 2. The minimum absolute atomic E-state index is 0.264. The van der Waals surface area contributed by atoms with Crippen molar-refractivity contribution in [2.75, 3.05) is 0 Å². The van der Waals surface area contributed by atoms with Gasteiger partial charge in [-0.1, -0.05) is 19.0 Å². The van der Waals surface area contributed by atoms with Crippen LogP contribution in [0, 0.1) is 6.92 Å². The Morgan fingerprint density at radius 1 is 1.56 bits per heavy atom. The fraction of sp³-hybridized carbons (Fsp3) is 0.600. The summed E-state index contributed by atoms with van der Waals surface area (Å²) < 4.78 is 4.16. The Bertz CT molecular complexity index is 201. The smallest absolute Gasteiger partial charge is 0.267 e. The van der Waals surface area contributed by atoms with Crippen LogP contribution >= 0.6 is 0 Å². The summed E-state index contributed by atoms with van der Waals surface area (Å²) in [5.41, 5.74) is 0.0972. The molecule has 52 valence electrons. The molecule has 0 radical (unpaired) electrons. The van der Waals surface area contributed by atoms with Crippen molar-refractivity contribution in [3.05, 3.63) is 16.0 Å². The molecule has 1 N–H and O–H groups in total. The van der Waals surface area contributed by atoms with E-state index in [0.717, 1.165) is 0 Å². The molecule has 9 heavy (non-hydrogen) atoms. The van der Waals surface area contributed by atoms with Gasteiger partial charge in [0.15, 0.2) is 0 Å². The lowest BCUT2D eigenvalue weighted by Crippen LogP contribution is -1.99. The summed E-state index contributed by atoms with van der Waals surface area (Å²) in [5, 5.41) is 5.30. The van der Waals surface area contributed by atoms with Crippen LogP contribution in [0.5, 0.6) is 0 Å². The van der Waals surface area contributed by atoms with E-state index in [0.29, 0.717) is 5.69 Å². The first-order chi connectivity index (χ1) is 4.30. The standard InChI is InChI=1S/C3H4N2O2.C2H6/c1-2-3(6)5-7-4-2;1-2/h1H3,(H,5,6);1-2H3.